The molecule has 2 aliphatic heterocycles. The number of rotatable bonds is 6. The Morgan fingerprint density at radius 2 is 1.70 bits per heavy atom. The van der Waals surface area contributed by atoms with Crippen LogP contribution in [-0.2, 0) is 11.3 Å². The highest BCUT2D eigenvalue weighted by molar-refractivity contribution is 5.85. The lowest BCUT2D eigenvalue weighted by molar-refractivity contribution is -0.133. The number of hydrogen-bond donors (Lipinski definition) is 1. The molecule has 3 rings (SSSR count). The molecule has 0 aliphatic carbocycles. The minimum absolute atomic E-state index is 0. The van der Waals surface area contributed by atoms with Crippen molar-refractivity contribution < 1.29 is 14.3 Å². The molecule has 1 N–H and O–H groups in total. The molecule has 0 spiro atoms. The van der Waals surface area contributed by atoms with Crippen molar-refractivity contribution in [1.29, 1.82) is 0 Å². The van der Waals surface area contributed by atoms with Gasteiger partial charge in [0.25, 0.3) is 0 Å². The van der Waals surface area contributed by atoms with Crippen molar-refractivity contribution in [3.63, 3.8) is 0 Å². The van der Waals surface area contributed by atoms with Crippen LogP contribution in [0.1, 0.15) is 24.8 Å². The molecular formula is C19H31Cl2N3O3. The number of nitrogens with one attached hydrogen (secondary N) is 1. The van der Waals surface area contributed by atoms with E-state index in [-0.39, 0.29) is 24.8 Å². The SMILES string of the molecule is COc1cc(CN2CCN(C(=O)CC3CCCN3)CC2)cc(OC)c1.Cl.Cl. The van der Waals surface area contributed by atoms with Gasteiger partial charge >= 0.3 is 0 Å². The molecule has 1 aromatic rings. The van der Waals surface area contributed by atoms with Crippen LogP contribution in [0.5, 0.6) is 11.5 Å². The van der Waals surface area contributed by atoms with E-state index in [1.54, 1.807) is 14.2 Å². The van der Waals surface area contributed by atoms with Gasteiger partial charge in [-0.1, -0.05) is 0 Å². The smallest absolute Gasteiger partial charge is 0.224 e. The van der Waals surface area contributed by atoms with Gasteiger partial charge in [-0.25, -0.2) is 0 Å². The van der Waals surface area contributed by atoms with Crippen LogP contribution in [0.15, 0.2) is 18.2 Å². The van der Waals surface area contributed by atoms with E-state index < -0.39 is 0 Å². The Kier molecular flexibility index (Phi) is 10.2. The summed E-state index contributed by atoms with van der Waals surface area (Å²) in [5.41, 5.74) is 1.17. The summed E-state index contributed by atoms with van der Waals surface area (Å²) in [5.74, 6) is 1.92. The van der Waals surface area contributed by atoms with Gasteiger partial charge in [0.15, 0.2) is 0 Å². The summed E-state index contributed by atoms with van der Waals surface area (Å²) in [4.78, 5) is 16.8. The molecule has 0 bridgehead atoms. The maximum atomic E-state index is 12.4. The van der Waals surface area contributed by atoms with Crippen LogP contribution in [0, 0.1) is 0 Å². The summed E-state index contributed by atoms with van der Waals surface area (Å²) in [6, 6.07) is 6.36. The highest BCUT2D eigenvalue weighted by Crippen LogP contribution is 2.24. The van der Waals surface area contributed by atoms with Crippen LogP contribution in [0.2, 0.25) is 0 Å². The summed E-state index contributed by atoms with van der Waals surface area (Å²) in [7, 11) is 3.34. The predicted octanol–water partition coefficient (Wildman–Crippen LogP) is 2.33. The summed E-state index contributed by atoms with van der Waals surface area (Å²) < 4.78 is 10.7. The molecule has 2 heterocycles. The number of hydrogen-bond acceptors (Lipinski definition) is 5. The van der Waals surface area contributed by atoms with Gasteiger partial charge in [-0.05, 0) is 37.1 Å². The zero-order valence-corrected chi connectivity index (χ0v) is 17.7. The average molecular weight is 420 g/mol. The Morgan fingerprint density at radius 3 is 2.22 bits per heavy atom. The van der Waals surface area contributed by atoms with Crippen LogP contribution in [0.3, 0.4) is 0 Å². The van der Waals surface area contributed by atoms with Gasteiger partial charge in [0.05, 0.1) is 14.2 Å². The zero-order valence-electron chi connectivity index (χ0n) is 16.1. The average Bonchev–Trinajstić information content (AvgIpc) is 3.15. The van der Waals surface area contributed by atoms with Crippen molar-refractivity contribution in [2.45, 2.75) is 31.8 Å². The van der Waals surface area contributed by atoms with Gasteiger partial charge < -0.3 is 19.7 Å². The Morgan fingerprint density at radius 1 is 1.07 bits per heavy atom. The summed E-state index contributed by atoms with van der Waals surface area (Å²) in [6.07, 6.45) is 2.96. The lowest BCUT2D eigenvalue weighted by Gasteiger charge is -2.35. The van der Waals surface area contributed by atoms with Crippen molar-refractivity contribution in [3.05, 3.63) is 23.8 Å². The maximum Gasteiger partial charge on any atom is 0.224 e. The molecule has 0 radical (unpaired) electrons. The molecule has 1 amide bonds. The fourth-order valence-electron chi connectivity index (χ4n) is 3.64. The van der Waals surface area contributed by atoms with Crippen LogP contribution < -0.4 is 14.8 Å². The van der Waals surface area contributed by atoms with Crippen molar-refractivity contribution in [2.75, 3.05) is 46.9 Å². The second-order valence-electron chi connectivity index (χ2n) is 6.88. The van der Waals surface area contributed by atoms with Gasteiger partial charge in [0, 0.05) is 51.3 Å². The van der Waals surface area contributed by atoms with E-state index in [1.165, 1.54) is 12.0 Å². The lowest BCUT2D eigenvalue weighted by Crippen LogP contribution is -2.49. The number of ether oxygens (including phenoxy) is 2. The molecule has 2 fully saturated rings. The van der Waals surface area contributed by atoms with E-state index >= 15 is 0 Å². The third kappa shape index (κ3) is 6.71. The molecule has 154 valence electrons. The number of carbonyl (C=O) groups excluding carboxylic acids is 1. The quantitative estimate of drug-likeness (QED) is 0.766. The number of benzene rings is 1. The number of piperazine rings is 1. The highest BCUT2D eigenvalue weighted by Gasteiger charge is 2.25. The van der Waals surface area contributed by atoms with Crippen molar-refractivity contribution in [3.8, 4) is 11.5 Å². The maximum absolute atomic E-state index is 12.4. The van der Waals surface area contributed by atoms with Gasteiger partial charge in [0.2, 0.25) is 5.91 Å². The Bertz CT molecular complexity index is 567. The Labute approximate surface area is 174 Å². The lowest BCUT2D eigenvalue weighted by atomic mass is 10.1. The van der Waals surface area contributed by atoms with Gasteiger partial charge in [0.1, 0.15) is 11.5 Å². The van der Waals surface area contributed by atoms with E-state index in [1.807, 2.05) is 23.1 Å². The number of nitrogens with zero attached hydrogens (tertiary/aromatic N) is 2. The number of amides is 1. The van der Waals surface area contributed by atoms with E-state index in [0.717, 1.165) is 57.2 Å². The molecule has 1 atom stereocenters. The summed E-state index contributed by atoms with van der Waals surface area (Å²) in [5, 5.41) is 3.41. The first-order valence-corrected chi connectivity index (χ1v) is 9.13. The zero-order chi connectivity index (χ0) is 17.6. The van der Waals surface area contributed by atoms with Crippen molar-refractivity contribution in [2.24, 2.45) is 0 Å². The summed E-state index contributed by atoms with van der Waals surface area (Å²) >= 11 is 0. The first kappa shape index (κ1) is 23.8. The molecule has 8 heteroatoms. The molecule has 2 aliphatic rings. The largest absolute Gasteiger partial charge is 0.497 e. The van der Waals surface area contributed by atoms with Crippen LogP contribution in [-0.4, -0.2) is 68.7 Å². The first-order valence-electron chi connectivity index (χ1n) is 9.13. The van der Waals surface area contributed by atoms with E-state index in [0.29, 0.717) is 18.4 Å². The Balaban J connectivity index is 0.00000182. The van der Waals surface area contributed by atoms with Gasteiger partial charge in [-0.15, -0.1) is 24.8 Å². The second-order valence-corrected chi connectivity index (χ2v) is 6.88. The molecule has 6 nitrogen and oxygen atoms in total. The van der Waals surface area contributed by atoms with Crippen molar-refractivity contribution in [1.82, 2.24) is 15.1 Å². The van der Waals surface area contributed by atoms with Gasteiger partial charge in [-0.2, -0.15) is 0 Å². The number of carbonyl (C=O) groups is 1. The topological polar surface area (TPSA) is 54.0 Å². The third-order valence-corrected chi connectivity index (χ3v) is 5.13. The molecule has 0 saturated carbocycles. The van der Waals surface area contributed by atoms with E-state index in [2.05, 4.69) is 10.2 Å². The fourth-order valence-corrected chi connectivity index (χ4v) is 3.64. The first-order chi connectivity index (χ1) is 12.2. The molecule has 1 aromatic carbocycles. The predicted molar refractivity (Wildman–Crippen MR) is 112 cm³/mol. The second kappa shape index (κ2) is 11.6. The monoisotopic (exact) mass is 419 g/mol. The van der Waals surface area contributed by atoms with Gasteiger partial charge in [-0.3, -0.25) is 9.69 Å². The highest BCUT2D eigenvalue weighted by atomic mass is 35.5. The molecular weight excluding hydrogens is 389 g/mol. The Hall–Kier alpha value is -1.21. The molecule has 1 unspecified atom stereocenters. The minimum atomic E-state index is 0. The van der Waals surface area contributed by atoms with E-state index in [4.69, 9.17) is 9.47 Å². The standard InChI is InChI=1S/C19H29N3O3.2ClH/c1-24-17-10-15(11-18(13-17)25-2)14-21-6-8-22(9-7-21)19(23)12-16-4-3-5-20-16;;/h10-11,13,16,20H,3-9,12,14H2,1-2H3;2*1H. The number of methoxy groups -OCH3 is 2. The molecule has 27 heavy (non-hydrogen) atoms. The normalized spacial score (nSPS) is 19.8. The molecule has 0 aromatic heterocycles. The summed E-state index contributed by atoms with van der Waals surface area (Å²) in [6.45, 7) is 5.33. The van der Waals surface area contributed by atoms with Crippen molar-refractivity contribution >= 4 is 30.7 Å². The fraction of sp³-hybridized carbons (Fsp3) is 0.632. The van der Waals surface area contributed by atoms with E-state index in [9.17, 15) is 4.79 Å². The number of halogens is 2. The third-order valence-electron chi connectivity index (χ3n) is 5.13. The molecule has 2 saturated heterocycles. The van der Waals surface area contributed by atoms with Crippen LogP contribution in [0.4, 0.5) is 0 Å². The minimum Gasteiger partial charge on any atom is -0.497 e. The van der Waals surface area contributed by atoms with Crippen LogP contribution in [0.25, 0.3) is 0 Å². The van der Waals surface area contributed by atoms with Crippen LogP contribution >= 0.6 is 24.8 Å².